The van der Waals surface area contributed by atoms with E-state index < -0.39 is 11.6 Å². The number of hydrogen-bond acceptors (Lipinski definition) is 5. The number of oxime groups is 1. The first-order valence-electron chi connectivity index (χ1n) is 8.40. The van der Waals surface area contributed by atoms with Crippen LogP contribution in [0, 0.1) is 12.3 Å². The Labute approximate surface area is 137 Å². The summed E-state index contributed by atoms with van der Waals surface area (Å²) in [5.41, 5.74) is 0.0190. The zero-order chi connectivity index (χ0) is 16.7. The summed E-state index contributed by atoms with van der Waals surface area (Å²) in [5, 5.41) is 14.4. The van der Waals surface area contributed by atoms with Crippen molar-refractivity contribution in [1.29, 1.82) is 0 Å². The second-order valence-corrected chi connectivity index (χ2v) is 6.25. The topological polar surface area (TPSA) is 68.1 Å². The smallest absolute Gasteiger partial charge is 0.344 e. The number of rotatable bonds is 5. The van der Waals surface area contributed by atoms with Crippen molar-refractivity contribution >= 4 is 11.7 Å². The van der Waals surface area contributed by atoms with E-state index in [-0.39, 0.29) is 17.9 Å². The number of carbonyl (C=O) groups is 1. The number of aliphatic hydroxyl groups excluding tert-OH is 1. The molecule has 1 saturated carbocycles. The van der Waals surface area contributed by atoms with Gasteiger partial charge in [0.15, 0.2) is 6.61 Å². The molecule has 1 aliphatic heterocycles. The lowest BCUT2D eigenvalue weighted by molar-refractivity contribution is -0.159. The molecule has 5 heteroatoms. The number of aliphatic hydroxyl groups is 1. The monoisotopic (exact) mass is 319 g/mol. The van der Waals surface area contributed by atoms with Crippen LogP contribution < -0.4 is 0 Å². The molecule has 0 atom stereocenters. The molecule has 23 heavy (non-hydrogen) atoms. The SMILES string of the molecule is C#CCON=C(CCC)C1=C(O)CC2(CCCCCC2)OC1=O. The van der Waals surface area contributed by atoms with Crippen molar-refractivity contribution in [1.82, 2.24) is 0 Å². The summed E-state index contributed by atoms with van der Waals surface area (Å²) >= 11 is 0. The van der Waals surface area contributed by atoms with Crippen molar-refractivity contribution < 1.29 is 19.5 Å². The van der Waals surface area contributed by atoms with Crippen molar-refractivity contribution in [3.63, 3.8) is 0 Å². The van der Waals surface area contributed by atoms with Gasteiger partial charge in [-0.1, -0.05) is 37.3 Å². The summed E-state index contributed by atoms with van der Waals surface area (Å²) < 4.78 is 5.78. The third kappa shape index (κ3) is 4.28. The Hall–Kier alpha value is -1.96. The lowest BCUT2D eigenvalue weighted by Gasteiger charge is -2.36. The second-order valence-electron chi connectivity index (χ2n) is 6.25. The highest BCUT2D eigenvalue weighted by molar-refractivity contribution is 6.20. The summed E-state index contributed by atoms with van der Waals surface area (Å²) in [5.74, 6) is 1.90. The van der Waals surface area contributed by atoms with E-state index in [4.69, 9.17) is 16.0 Å². The van der Waals surface area contributed by atoms with E-state index >= 15 is 0 Å². The van der Waals surface area contributed by atoms with Crippen LogP contribution in [0.4, 0.5) is 0 Å². The highest BCUT2D eigenvalue weighted by Crippen LogP contribution is 2.40. The van der Waals surface area contributed by atoms with Crippen LogP contribution in [0.1, 0.15) is 64.7 Å². The lowest BCUT2D eigenvalue weighted by atomic mass is 9.85. The van der Waals surface area contributed by atoms with Gasteiger partial charge in [-0.3, -0.25) is 0 Å². The first-order chi connectivity index (χ1) is 11.1. The van der Waals surface area contributed by atoms with Gasteiger partial charge in [0.1, 0.15) is 16.9 Å². The van der Waals surface area contributed by atoms with Crippen LogP contribution in [-0.4, -0.2) is 29.0 Å². The summed E-state index contributed by atoms with van der Waals surface area (Å²) in [6.07, 6.45) is 12.8. The molecule has 1 fully saturated rings. The van der Waals surface area contributed by atoms with Crippen molar-refractivity contribution in [2.45, 2.75) is 70.3 Å². The fraction of sp³-hybridized carbons (Fsp3) is 0.667. The van der Waals surface area contributed by atoms with E-state index in [1.807, 2.05) is 6.92 Å². The molecule has 1 spiro atoms. The van der Waals surface area contributed by atoms with E-state index in [9.17, 15) is 9.90 Å². The van der Waals surface area contributed by atoms with Gasteiger partial charge in [-0.25, -0.2) is 4.79 Å². The van der Waals surface area contributed by atoms with Crippen LogP contribution >= 0.6 is 0 Å². The molecule has 0 unspecified atom stereocenters. The minimum atomic E-state index is -0.543. The summed E-state index contributed by atoms with van der Waals surface area (Å²) in [6.45, 7) is 2.00. The maximum absolute atomic E-state index is 12.5. The molecule has 0 aromatic rings. The molecule has 126 valence electrons. The molecule has 2 rings (SSSR count). The molecular formula is C18H25NO4. The standard InChI is InChI=1S/C18H25NO4/c1-3-9-14(19-22-12-4-2)16-15(20)13-18(23-17(16)21)10-7-5-6-8-11-18/h2,20H,3,5-13H2,1H3. The van der Waals surface area contributed by atoms with Gasteiger partial charge in [-0.2, -0.15) is 0 Å². The minimum Gasteiger partial charge on any atom is -0.511 e. The molecule has 0 bridgehead atoms. The summed E-state index contributed by atoms with van der Waals surface area (Å²) in [6, 6.07) is 0. The number of hydrogen-bond donors (Lipinski definition) is 1. The Morgan fingerprint density at radius 3 is 2.65 bits per heavy atom. The molecule has 0 saturated heterocycles. The van der Waals surface area contributed by atoms with Crippen LogP contribution in [0.5, 0.6) is 0 Å². The number of esters is 1. The fourth-order valence-electron chi connectivity index (χ4n) is 3.33. The molecule has 0 aromatic heterocycles. The molecule has 0 radical (unpaired) electrons. The van der Waals surface area contributed by atoms with Gasteiger partial charge in [-0.15, -0.1) is 6.42 Å². The number of nitrogens with zero attached hydrogens (tertiary/aromatic N) is 1. The molecule has 5 nitrogen and oxygen atoms in total. The maximum atomic E-state index is 12.5. The minimum absolute atomic E-state index is 0.0280. The number of ether oxygens (including phenoxy) is 1. The Balaban J connectivity index is 2.25. The first kappa shape index (κ1) is 17.4. The molecule has 1 heterocycles. The van der Waals surface area contributed by atoms with Crippen LogP contribution in [0.2, 0.25) is 0 Å². The van der Waals surface area contributed by atoms with Crippen molar-refractivity contribution in [3.8, 4) is 12.3 Å². The van der Waals surface area contributed by atoms with E-state index in [0.717, 1.165) is 44.9 Å². The Morgan fingerprint density at radius 1 is 1.39 bits per heavy atom. The van der Waals surface area contributed by atoms with E-state index in [1.54, 1.807) is 0 Å². The van der Waals surface area contributed by atoms with Crippen LogP contribution in [0.3, 0.4) is 0 Å². The molecule has 1 aliphatic carbocycles. The normalized spacial score (nSPS) is 21.6. The average Bonchev–Trinajstić information content (AvgIpc) is 2.72. The lowest BCUT2D eigenvalue weighted by Crippen LogP contribution is -2.41. The third-order valence-electron chi connectivity index (χ3n) is 4.40. The molecular weight excluding hydrogens is 294 g/mol. The predicted molar refractivity (Wildman–Crippen MR) is 87.9 cm³/mol. The quantitative estimate of drug-likeness (QED) is 0.276. The highest BCUT2D eigenvalue weighted by atomic mass is 16.6. The number of terminal acetylenes is 1. The zero-order valence-electron chi connectivity index (χ0n) is 13.8. The van der Waals surface area contributed by atoms with Crippen molar-refractivity contribution in [2.75, 3.05) is 6.61 Å². The Bertz CT molecular complexity index is 534. The van der Waals surface area contributed by atoms with Crippen LogP contribution in [0.15, 0.2) is 16.5 Å². The van der Waals surface area contributed by atoms with Crippen molar-refractivity contribution in [3.05, 3.63) is 11.3 Å². The molecule has 0 amide bonds. The van der Waals surface area contributed by atoms with Gasteiger partial charge in [-0.05, 0) is 32.1 Å². The maximum Gasteiger partial charge on any atom is 0.344 e. The zero-order valence-corrected chi connectivity index (χ0v) is 13.8. The van der Waals surface area contributed by atoms with Gasteiger partial charge in [0.25, 0.3) is 0 Å². The van der Waals surface area contributed by atoms with E-state index in [1.165, 1.54) is 0 Å². The second kappa shape index (κ2) is 8.05. The highest BCUT2D eigenvalue weighted by Gasteiger charge is 2.43. The van der Waals surface area contributed by atoms with Crippen molar-refractivity contribution in [2.24, 2.45) is 5.16 Å². The van der Waals surface area contributed by atoms with Gasteiger partial charge < -0.3 is 14.7 Å². The fourth-order valence-corrected chi connectivity index (χ4v) is 3.33. The first-order valence-corrected chi connectivity index (χ1v) is 8.40. The largest absolute Gasteiger partial charge is 0.511 e. The Kier molecular flexibility index (Phi) is 6.09. The Morgan fingerprint density at radius 2 is 2.09 bits per heavy atom. The van der Waals surface area contributed by atoms with E-state index in [0.29, 0.717) is 18.6 Å². The predicted octanol–water partition coefficient (Wildman–Crippen LogP) is 3.64. The molecule has 2 aliphatic rings. The van der Waals surface area contributed by atoms with Crippen LogP contribution in [-0.2, 0) is 14.4 Å². The molecule has 0 aromatic carbocycles. The van der Waals surface area contributed by atoms with E-state index in [2.05, 4.69) is 11.1 Å². The van der Waals surface area contributed by atoms with Gasteiger partial charge >= 0.3 is 5.97 Å². The van der Waals surface area contributed by atoms with Gasteiger partial charge in [0.2, 0.25) is 0 Å². The van der Waals surface area contributed by atoms with Crippen LogP contribution in [0.25, 0.3) is 0 Å². The average molecular weight is 319 g/mol. The number of carbonyl (C=O) groups excluding carboxylic acids is 1. The van der Waals surface area contributed by atoms with Gasteiger partial charge in [0, 0.05) is 6.42 Å². The molecule has 1 N–H and O–H groups in total. The van der Waals surface area contributed by atoms with Gasteiger partial charge in [0.05, 0.1) is 5.71 Å². The summed E-state index contributed by atoms with van der Waals surface area (Å²) in [7, 11) is 0. The summed E-state index contributed by atoms with van der Waals surface area (Å²) in [4.78, 5) is 17.5. The third-order valence-corrected chi connectivity index (χ3v) is 4.40.